The van der Waals surface area contributed by atoms with Crippen molar-refractivity contribution in [3.05, 3.63) is 194 Å². The van der Waals surface area contributed by atoms with Crippen molar-refractivity contribution < 1.29 is 62.4 Å². The van der Waals surface area contributed by atoms with Gasteiger partial charge in [0.15, 0.2) is 0 Å². The molecule has 528 valence electrons. The summed E-state index contributed by atoms with van der Waals surface area (Å²) in [6.45, 7) is 48.8. The molecule has 0 spiro atoms. The molecule has 0 saturated heterocycles. The molecule has 6 unspecified atom stereocenters. The second-order valence-corrected chi connectivity index (χ2v) is 36.6. The van der Waals surface area contributed by atoms with Crippen molar-refractivity contribution in [2.75, 3.05) is 0 Å². The number of fused-ring (bicyclic) bond motifs is 6. The molecule has 0 fully saturated rings. The van der Waals surface area contributed by atoms with Gasteiger partial charge >= 0.3 is 12.4 Å². The number of rotatable bonds is 8. The van der Waals surface area contributed by atoms with Gasteiger partial charge in [0.1, 0.15) is 12.2 Å². The Morgan fingerprint density at radius 2 is 0.598 bits per heavy atom. The third kappa shape index (κ3) is 14.7. The van der Waals surface area contributed by atoms with E-state index in [-0.39, 0.29) is 86.0 Å². The molecule has 10 rings (SSSR count). The van der Waals surface area contributed by atoms with Crippen molar-refractivity contribution >= 4 is 54.8 Å². The van der Waals surface area contributed by atoms with Crippen molar-refractivity contribution in [2.45, 2.75) is 249 Å². The Labute approximate surface area is 598 Å². The topological polar surface area (TPSA) is 50.3 Å². The Hall–Kier alpha value is -5.23. The Kier molecular flexibility index (Phi) is 21.9. The number of hydrogen-bond donors (Lipinski definition) is 2. The first-order valence-electron chi connectivity index (χ1n) is 33.9. The van der Waals surface area contributed by atoms with Gasteiger partial charge in [-0.1, -0.05) is 249 Å². The maximum Gasteiger partial charge on any atom is 0.398 e. The summed E-state index contributed by atoms with van der Waals surface area (Å²) in [4.78, 5) is 0. The second-order valence-electron chi connectivity index (χ2n) is 36.6. The van der Waals surface area contributed by atoms with Gasteiger partial charge in [0.2, 0.25) is 0 Å². The van der Waals surface area contributed by atoms with Crippen molar-refractivity contribution in [3.8, 4) is 0 Å². The van der Waals surface area contributed by atoms with Crippen LogP contribution in [0.4, 0.5) is 26.3 Å². The van der Waals surface area contributed by atoms with Crippen LogP contribution in [0.25, 0.3) is 54.8 Å². The average molecular weight is 1500 g/mol. The van der Waals surface area contributed by atoms with Gasteiger partial charge in [-0.25, -0.2) is 0 Å². The van der Waals surface area contributed by atoms with Crippen LogP contribution in [-0.2, 0) is 58.6 Å². The Bertz CT molecular complexity index is 3780. The molecule has 2 aliphatic carbocycles. The minimum absolute atomic E-state index is 0. The van der Waals surface area contributed by atoms with E-state index in [1.165, 1.54) is 12.2 Å². The van der Waals surface area contributed by atoms with Gasteiger partial charge in [-0.2, -0.15) is 26.3 Å². The molecule has 0 bridgehead atoms. The van der Waals surface area contributed by atoms with Crippen LogP contribution in [0.2, 0.25) is 0 Å². The third-order valence-corrected chi connectivity index (χ3v) is 21.4. The first kappa shape index (κ1) is 80.7. The largest absolute Gasteiger partial charge is 0.398 e. The molecule has 6 aromatic carbocycles. The molecule has 2 aliphatic rings. The van der Waals surface area contributed by atoms with E-state index >= 15 is 26.3 Å². The number of alkyl halides is 6. The van der Waals surface area contributed by atoms with Crippen LogP contribution in [0, 0.1) is 47.3 Å². The molecule has 0 radical (unpaired) electrons. The van der Waals surface area contributed by atoms with E-state index in [2.05, 4.69) is 156 Å². The van der Waals surface area contributed by atoms with E-state index in [1.807, 2.05) is 125 Å². The zero-order valence-corrected chi connectivity index (χ0v) is 67.0. The molecule has 8 aromatic rings. The predicted molar refractivity (Wildman–Crippen MR) is 397 cm³/mol. The van der Waals surface area contributed by atoms with Crippen LogP contribution >= 0.6 is 0 Å². The fraction of sp³-hybridized carbons (Fsp3) is 0.512. The second kappa shape index (κ2) is 26.3. The number of allylic oxidation sites excluding steroid dienone is 2. The Balaban J connectivity index is 0.000000297. The molecular formula is C86H114F6HfN2O2-2. The summed E-state index contributed by atoms with van der Waals surface area (Å²) in [5.74, 6) is 0. The Morgan fingerprint density at radius 1 is 0.371 bits per heavy atom. The summed E-state index contributed by atoms with van der Waals surface area (Å²) in [6.07, 6.45) is -8.68. The molecule has 2 N–H and O–H groups in total. The normalized spacial score (nSPS) is 22.7. The first-order chi connectivity index (χ1) is 42.6. The fourth-order valence-electron chi connectivity index (χ4n) is 16.9. The summed E-state index contributed by atoms with van der Waals surface area (Å²) >= 11 is 0. The maximum atomic E-state index is 16.1. The van der Waals surface area contributed by atoms with E-state index in [9.17, 15) is 10.2 Å². The minimum Gasteiger partial charge on any atom is -0.386 e. The predicted octanol–water partition coefficient (Wildman–Crippen LogP) is 24.8. The van der Waals surface area contributed by atoms with Crippen molar-refractivity contribution in [3.63, 3.8) is 0 Å². The molecule has 0 aliphatic heterocycles. The molecule has 2 aromatic heterocycles. The van der Waals surface area contributed by atoms with E-state index in [0.717, 1.165) is 65.9 Å². The standard InChI is InChI=1S/2C42H54F3NO.2CH3.Hf/c2*1-36(2,3)25-39(10,11)41(42(43,44)45)24-32(27-16-14-13-15-17-27)35(47)40(12,26-41)46-33-20-18-28(37(4,5)6)22-30(33)31-23-29(38(7,8)9)19-21-34(31)46;;;/h2*13-24,35,47H,25-26H2,1-12H3;2*1H3;/q;;2*-1;. The van der Waals surface area contributed by atoms with Crippen LogP contribution in [0.3, 0.4) is 0 Å². The quantitative estimate of drug-likeness (QED) is 0.0905. The molecule has 2 heterocycles. The molecule has 4 nitrogen and oxygen atoms in total. The van der Waals surface area contributed by atoms with Gasteiger partial charge in [-0.3, -0.25) is 0 Å². The first-order valence-corrected chi connectivity index (χ1v) is 33.9. The van der Waals surface area contributed by atoms with Crippen molar-refractivity contribution in [1.82, 2.24) is 9.13 Å². The van der Waals surface area contributed by atoms with Crippen LogP contribution in [0.1, 0.15) is 225 Å². The summed E-state index contributed by atoms with van der Waals surface area (Å²) < 4.78 is 101. The van der Waals surface area contributed by atoms with Crippen molar-refractivity contribution in [1.29, 1.82) is 0 Å². The van der Waals surface area contributed by atoms with Gasteiger partial charge in [0.05, 0.1) is 21.9 Å². The smallest absolute Gasteiger partial charge is 0.386 e. The Morgan fingerprint density at radius 3 is 0.794 bits per heavy atom. The van der Waals surface area contributed by atoms with E-state index in [1.54, 1.807) is 27.7 Å². The minimum atomic E-state index is -4.58. The summed E-state index contributed by atoms with van der Waals surface area (Å²) in [7, 11) is 0. The number of aliphatic hydroxyl groups is 2. The van der Waals surface area contributed by atoms with Crippen LogP contribution in [0.5, 0.6) is 0 Å². The zero-order chi connectivity index (χ0) is 70.3. The average Bonchev–Trinajstić information content (AvgIpc) is 1.69. The zero-order valence-electron chi connectivity index (χ0n) is 63.4. The van der Waals surface area contributed by atoms with Crippen molar-refractivity contribution in [2.24, 2.45) is 32.5 Å². The number of benzene rings is 6. The molecule has 0 saturated carbocycles. The summed E-state index contributed by atoms with van der Waals surface area (Å²) in [5, 5.41) is 29.1. The van der Waals surface area contributed by atoms with Crippen LogP contribution in [-0.4, -0.2) is 43.9 Å². The van der Waals surface area contributed by atoms with E-state index in [4.69, 9.17) is 0 Å². The van der Waals surface area contributed by atoms with E-state index < -0.39 is 57.3 Å². The van der Waals surface area contributed by atoms with Gasteiger partial charge in [-0.15, -0.1) is 0 Å². The third-order valence-electron chi connectivity index (χ3n) is 21.4. The van der Waals surface area contributed by atoms with Gasteiger partial charge in [0, 0.05) is 69.5 Å². The molecule has 0 amide bonds. The fourth-order valence-corrected chi connectivity index (χ4v) is 16.9. The van der Waals surface area contributed by atoms with Gasteiger partial charge in [-0.05, 0) is 176 Å². The molecule has 6 atom stereocenters. The van der Waals surface area contributed by atoms with Gasteiger partial charge in [0.25, 0.3) is 0 Å². The van der Waals surface area contributed by atoms with Crippen LogP contribution in [0.15, 0.2) is 146 Å². The summed E-state index contributed by atoms with van der Waals surface area (Å²) in [5.41, 5.74) is -0.922. The van der Waals surface area contributed by atoms with Gasteiger partial charge < -0.3 is 34.2 Å². The maximum absolute atomic E-state index is 16.1. The number of halogens is 6. The molecule has 97 heavy (non-hydrogen) atoms. The number of hydrogen-bond acceptors (Lipinski definition) is 2. The molecular weight excluding hydrogens is 1390 g/mol. The van der Waals surface area contributed by atoms with Crippen LogP contribution < -0.4 is 0 Å². The number of nitrogens with zero attached hydrogens (tertiary/aromatic N) is 2. The SMILES string of the molecule is CC(C)(C)CC(C)(C)C1(C(F)(F)F)C=C(c2ccccc2)C(O)C(C)(n2c3ccc(C(C)(C)C)cc3c3cc(C(C)(C)C)ccc32)C1.CC(C)(C)CC(C)(C)C1(C(F)(F)F)C=C(c2ccccc2)C(O)C(C)(n2c3ccc(C(C)(C)C)cc3c3cc(C(C)(C)C)ccc32)C1.[CH3-].[CH3-].[Hf]. The monoisotopic (exact) mass is 1500 g/mol. The number of aromatic nitrogens is 2. The number of aliphatic hydroxyl groups excluding tert-OH is 2. The molecule has 11 heteroatoms. The van der Waals surface area contributed by atoms with E-state index in [0.29, 0.717) is 35.1 Å². The summed E-state index contributed by atoms with van der Waals surface area (Å²) in [6, 6.07) is 43.7.